The van der Waals surface area contributed by atoms with E-state index in [-0.39, 0.29) is 42.7 Å². The summed E-state index contributed by atoms with van der Waals surface area (Å²) in [6.07, 6.45) is 44.1. The molecule has 5 aliphatic rings. The molecular weight excluding hydrogens is 833 g/mol. The fourth-order valence-electron chi connectivity index (χ4n) is 13.7. The first-order valence-electron chi connectivity index (χ1n) is 28.5. The molecule has 0 aromatic carbocycles. The van der Waals surface area contributed by atoms with E-state index in [1.807, 2.05) is 0 Å². The Kier molecular flexibility index (Phi) is 25.6. The third-order valence-corrected chi connectivity index (χ3v) is 17.5. The summed E-state index contributed by atoms with van der Waals surface area (Å²) in [4.78, 5) is 28.1. The van der Waals surface area contributed by atoms with Crippen molar-refractivity contribution in [1.29, 1.82) is 0 Å². The van der Waals surface area contributed by atoms with Crippen LogP contribution in [-0.4, -0.2) is 88.2 Å². The first-order valence-corrected chi connectivity index (χ1v) is 28.5. The van der Waals surface area contributed by atoms with Gasteiger partial charge in [-0.15, -0.1) is 0 Å². The van der Waals surface area contributed by atoms with Crippen LogP contribution in [-0.2, 0) is 28.5 Å². The monoisotopic (exact) mass is 935 g/mol. The number of hydrogen-bond acceptors (Lipinski definition) is 7. The van der Waals surface area contributed by atoms with Gasteiger partial charge in [-0.2, -0.15) is 0 Å². The molecule has 4 aliphatic carbocycles. The summed E-state index contributed by atoms with van der Waals surface area (Å²) < 4.78 is 23.9. The predicted octanol–water partition coefficient (Wildman–Crippen LogP) is 13.8. The van der Waals surface area contributed by atoms with E-state index in [0.717, 1.165) is 93.9 Å². The van der Waals surface area contributed by atoms with Crippen LogP contribution in [0.15, 0.2) is 36.0 Å². The van der Waals surface area contributed by atoms with E-state index in [1.54, 1.807) is 0 Å². The zero-order valence-corrected chi connectivity index (χ0v) is 44.2. The van der Waals surface area contributed by atoms with Crippen molar-refractivity contribution in [3.8, 4) is 0 Å². The van der Waals surface area contributed by atoms with Crippen LogP contribution in [0, 0.1) is 46.3 Å². The van der Waals surface area contributed by atoms with Crippen molar-refractivity contribution in [2.24, 2.45) is 46.3 Å². The normalized spacial score (nSPS) is 28.6. The highest BCUT2D eigenvalue weighted by atomic mass is 16.6. The largest absolute Gasteiger partial charge is 0.460 e. The van der Waals surface area contributed by atoms with E-state index in [4.69, 9.17) is 18.9 Å². The molecule has 8 heteroatoms. The van der Waals surface area contributed by atoms with Gasteiger partial charge in [0.05, 0.1) is 19.3 Å². The Morgan fingerprint density at radius 3 is 2.30 bits per heavy atom. The highest BCUT2D eigenvalue weighted by Gasteiger charge is 2.59. The predicted molar refractivity (Wildman–Crippen MR) is 277 cm³/mol. The van der Waals surface area contributed by atoms with E-state index in [9.17, 15) is 9.59 Å². The Balaban J connectivity index is 0.909. The van der Waals surface area contributed by atoms with Crippen molar-refractivity contribution in [2.45, 2.75) is 221 Å². The number of allylic oxidation sites excluding steroid dienone is 5. The number of unbranched alkanes of at least 4 members (excludes halogenated alkanes) is 9. The lowest BCUT2D eigenvalue weighted by atomic mass is 9.47. The van der Waals surface area contributed by atoms with Gasteiger partial charge in [0, 0.05) is 26.1 Å². The Morgan fingerprint density at radius 2 is 1.54 bits per heavy atom. The number of esters is 1. The van der Waals surface area contributed by atoms with E-state index in [0.29, 0.717) is 25.2 Å². The summed E-state index contributed by atoms with van der Waals surface area (Å²) in [5, 5.41) is 2.91. The molecule has 5 rings (SSSR count). The van der Waals surface area contributed by atoms with Crippen LogP contribution < -0.4 is 5.32 Å². The fraction of sp³-hybridized carbons (Fsp3) is 0.864. The van der Waals surface area contributed by atoms with Crippen LogP contribution in [0.5, 0.6) is 0 Å². The standard InChI is InChI=1S/C59H102N2O6/c1-7-8-9-10-11-12-13-14-15-16-17-18-19-20-21-25-40-64-44-51(43-61-38-23-22-24-39-61)66-41-37-60-56(62)45-65-46-57(63)67-50-33-35-58(5)49(42-50)29-30-52-54-32-31-53(48(4)28-26-27-47(2)3)59(54,6)36-34-55(52)58/h11-12,14-15,29,47-48,50-55H,7-10,13,16-28,30-46H2,1-6H3,(H,60,62)/t48?,50-,51?,52-,53?,54?,55?,58-,59+/m0/s1. The maximum absolute atomic E-state index is 12.9. The number of hydrogen-bond donors (Lipinski definition) is 1. The van der Waals surface area contributed by atoms with Crippen molar-refractivity contribution < 1.29 is 28.5 Å². The lowest BCUT2D eigenvalue weighted by Gasteiger charge is -2.58. The van der Waals surface area contributed by atoms with Gasteiger partial charge in [-0.1, -0.05) is 142 Å². The average Bonchev–Trinajstić information content (AvgIpc) is 3.67. The zero-order valence-electron chi connectivity index (χ0n) is 44.2. The lowest BCUT2D eigenvalue weighted by molar-refractivity contribution is -0.157. The molecular formula is C59H102N2O6. The molecule has 4 fully saturated rings. The molecule has 0 spiro atoms. The van der Waals surface area contributed by atoms with E-state index >= 15 is 0 Å². The minimum atomic E-state index is -0.372. The molecule has 67 heavy (non-hydrogen) atoms. The number of amides is 1. The van der Waals surface area contributed by atoms with Gasteiger partial charge < -0.3 is 29.2 Å². The van der Waals surface area contributed by atoms with Gasteiger partial charge in [0.1, 0.15) is 19.3 Å². The van der Waals surface area contributed by atoms with E-state index < -0.39 is 0 Å². The summed E-state index contributed by atoms with van der Waals surface area (Å²) in [7, 11) is 0. The number of piperidine rings is 1. The first-order chi connectivity index (χ1) is 32.5. The smallest absolute Gasteiger partial charge is 0.332 e. The lowest BCUT2D eigenvalue weighted by Crippen LogP contribution is -2.51. The molecule has 1 aliphatic heterocycles. The molecule has 5 unspecified atom stereocenters. The van der Waals surface area contributed by atoms with Gasteiger partial charge in [-0.05, 0) is 156 Å². The summed E-state index contributed by atoms with van der Waals surface area (Å²) in [6, 6.07) is 0. The fourth-order valence-corrected chi connectivity index (χ4v) is 13.7. The number of fused-ring (bicyclic) bond motifs is 5. The summed E-state index contributed by atoms with van der Waals surface area (Å²) >= 11 is 0. The molecule has 1 amide bonds. The molecule has 9 atom stereocenters. The number of carbonyl (C=O) groups is 2. The Labute approximate surface area is 411 Å². The number of nitrogens with one attached hydrogen (secondary N) is 1. The van der Waals surface area contributed by atoms with Gasteiger partial charge in [0.2, 0.25) is 5.91 Å². The topological polar surface area (TPSA) is 86.3 Å². The maximum Gasteiger partial charge on any atom is 0.332 e. The van der Waals surface area contributed by atoms with Crippen LogP contribution >= 0.6 is 0 Å². The average molecular weight is 935 g/mol. The molecule has 0 aromatic rings. The Bertz CT molecular complexity index is 1490. The van der Waals surface area contributed by atoms with E-state index in [1.165, 1.54) is 140 Å². The zero-order chi connectivity index (χ0) is 47.7. The summed E-state index contributed by atoms with van der Waals surface area (Å²) in [5.74, 6) is 4.28. The number of likely N-dealkylation sites (tertiary alicyclic amines) is 1. The van der Waals surface area contributed by atoms with Crippen LogP contribution in [0.1, 0.15) is 208 Å². The van der Waals surface area contributed by atoms with Gasteiger partial charge in [-0.3, -0.25) is 4.79 Å². The van der Waals surface area contributed by atoms with Gasteiger partial charge in [0.15, 0.2) is 0 Å². The molecule has 3 saturated carbocycles. The second-order valence-corrected chi connectivity index (χ2v) is 23.0. The number of ether oxygens (including phenoxy) is 4. The van der Waals surface area contributed by atoms with Crippen LogP contribution in [0.4, 0.5) is 0 Å². The quantitative estimate of drug-likeness (QED) is 0.0398. The highest BCUT2D eigenvalue weighted by Crippen LogP contribution is 2.67. The highest BCUT2D eigenvalue weighted by molar-refractivity contribution is 5.77. The van der Waals surface area contributed by atoms with Gasteiger partial charge in [0.25, 0.3) is 0 Å². The molecule has 384 valence electrons. The maximum atomic E-state index is 12.9. The molecule has 0 radical (unpaired) electrons. The van der Waals surface area contributed by atoms with Crippen molar-refractivity contribution >= 4 is 11.9 Å². The second kappa shape index (κ2) is 30.7. The van der Waals surface area contributed by atoms with Crippen LogP contribution in [0.25, 0.3) is 0 Å². The van der Waals surface area contributed by atoms with Crippen LogP contribution in [0.2, 0.25) is 0 Å². The molecule has 1 saturated heterocycles. The SMILES string of the molecule is CCCCCC=CCC=CCCCCCCCCOCC(CN1CCCCC1)OCCNC(=O)COCC(=O)O[C@H]1CC[C@@]2(C)C(=CC[C@H]3C4CCC(C(C)CCCC(C)C)[C@@]4(C)CCC32)C1. The molecule has 1 N–H and O–H groups in total. The third-order valence-electron chi connectivity index (χ3n) is 17.5. The Hall–Kier alpha value is -2.00. The molecule has 8 nitrogen and oxygen atoms in total. The van der Waals surface area contributed by atoms with Gasteiger partial charge >= 0.3 is 5.97 Å². The number of nitrogens with zero attached hydrogens (tertiary/aromatic N) is 1. The van der Waals surface area contributed by atoms with Crippen molar-refractivity contribution in [3.05, 3.63) is 36.0 Å². The summed E-state index contributed by atoms with van der Waals surface area (Å²) in [5.41, 5.74) is 2.23. The number of rotatable bonds is 33. The number of carbonyl (C=O) groups excluding carboxylic acids is 2. The van der Waals surface area contributed by atoms with E-state index in [2.05, 4.69) is 82.1 Å². The second-order valence-electron chi connectivity index (χ2n) is 23.0. The van der Waals surface area contributed by atoms with Crippen LogP contribution in [0.3, 0.4) is 0 Å². The van der Waals surface area contributed by atoms with Crippen molar-refractivity contribution in [2.75, 3.05) is 59.2 Å². The molecule has 0 bridgehead atoms. The first kappa shape index (κ1) is 55.9. The molecule has 0 aromatic heterocycles. The van der Waals surface area contributed by atoms with Gasteiger partial charge in [-0.25, -0.2) is 4.79 Å². The molecule has 1 heterocycles. The van der Waals surface area contributed by atoms with Crippen molar-refractivity contribution in [1.82, 2.24) is 10.2 Å². The van der Waals surface area contributed by atoms with Crippen molar-refractivity contribution in [3.63, 3.8) is 0 Å². The minimum Gasteiger partial charge on any atom is -0.460 e. The summed E-state index contributed by atoms with van der Waals surface area (Å²) in [6.45, 7) is 19.6. The minimum absolute atomic E-state index is 0.0225. The Morgan fingerprint density at radius 1 is 0.791 bits per heavy atom. The third kappa shape index (κ3) is 18.6.